The average Bonchev–Trinajstić information content (AvgIpc) is 1.94. The predicted molar refractivity (Wildman–Crippen MR) is 37.2 cm³/mol. The van der Waals surface area contributed by atoms with Gasteiger partial charge >= 0.3 is 29.6 Å². The maximum absolute atomic E-state index is 10.3. The number of rotatable bonds is 1. The monoisotopic (exact) mass is 174 g/mol. The summed E-state index contributed by atoms with van der Waals surface area (Å²) < 4.78 is 0. The third-order valence-electron chi connectivity index (χ3n) is 1.46. The summed E-state index contributed by atoms with van der Waals surface area (Å²) in [5, 5.41) is 19.4. The molecule has 0 unspecified atom stereocenters. The molecule has 0 saturated heterocycles. The molecule has 0 aromatic heterocycles. The van der Waals surface area contributed by atoms with Gasteiger partial charge in [-0.05, 0) is 18.6 Å². The predicted octanol–water partition coefficient (Wildman–Crippen LogP) is -2.93. The van der Waals surface area contributed by atoms with Crippen LogP contribution in [0.2, 0.25) is 0 Å². The maximum atomic E-state index is 10.3. The summed E-state index contributed by atoms with van der Waals surface area (Å²) in [6.45, 7) is 1.63. The summed E-state index contributed by atoms with van der Waals surface area (Å²) in [6, 6.07) is 4.49. The molecule has 0 heterocycles. The zero-order valence-electron chi connectivity index (χ0n) is 7.00. The number of aromatic carboxylic acids is 1. The number of carboxylic acids is 1. The largest absolute Gasteiger partial charge is 1.00 e. The van der Waals surface area contributed by atoms with Gasteiger partial charge in [0, 0.05) is 5.56 Å². The van der Waals surface area contributed by atoms with Gasteiger partial charge in [0.1, 0.15) is 5.75 Å². The van der Waals surface area contributed by atoms with Gasteiger partial charge in [0.05, 0.1) is 5.97 Å². The molecule has 0 fully saturated rings. The fraction of sp³-hybridized carbons (Fsp3) is 0.125. The third-order valence-corrected chi connectivity index (χ3v) is 1.46. The van der Waals surface area contributed by atoms with E-state index in [1.807, 2.05) is 0 Å². The number of carbonyl (C=O) groups excluding carboxylic acids is 1. The van der Waals surface area contributed by atoms with Gasteiger partial charge in [0.25, 0.3) is 0 Å². The Bertz CT molecular complexity index is 296. The number of phenols is 1. The van der Waals surface area contributed by atoms with Crippen molar-refractivity contribution in [2.24, 2.45) is 0 Å². The molecule has 1 aromatic carbocycles. The average molecular weight is 174 g/mol. The molecule has 0 amide bonds. The second-order valence-corrected chi connectivity index (χ2v) is 2.26. The van der Waals surface area contributed by atoms with Crippen molar-refractivity contribution < 1.29 is 44.6 Å². The van der Waals surface area contributed by atoms with Crippen molar-refractivity contribution in [1.29, 1.82) is 0 Å². The first-order valence-corrected chi connectivity index (χ1v) is 3.13. The van der Waals surface area contributed by atoms with Gasteiger partial charge in [-0.15, -0.1) is 0 Å². The molecule has 12 heavy (non-hydrogen) atoms. The number of hydrogen-bond acceptors (Lipinski definition) is 3. The van der Waals surface area contributed by atoms with E-state index in [2.05, 4.69) is 0 Å². The fourth-order valence-corrected chi connectivity index (χ4v) is 0.824. The van der Waals surface area contributed by atoms with Crippen LogP contribution in [0.25, 0.3) is 0 Å². The van der Waals surface area contributed by atoms with Crippen molar-refractivity contribution in [3.63, 3.8) is 0 Å². The number of carboxylic acid groups (broad SMARTS) is 1. The van der Waals surface area contributed by atoms with E-state index in [-0.39, 0.29) is 40.9 Å². The van der Waals surface area contributed by atoms with Crippen molar-refractivity contribution in [2.75, 3.05) is 0 Å². The SMILES string of the molecule is Cc1cccc(C(=O)[O-])c1O.[Na+]. The standard InChI is InChI=1S/C8H8O3.Na/c1-5-3-2-4-6(7(5)9)8(10)11;/h2-4,9H,1H3,(H,10,11);/q;+1/p-1. The smallest absolute Gasteiger partial charge is 0.545 e. The van der Waals surface area contributed by atoms with Crippen LogP contribution in [0, 0.1) is 6.92 Å². The van der Waals surface area contributed by atoms with Crippen LogP contribution in [-0.2, 0) is 0 Å². The van der Waals surface area contributed by atoms with E-state index < -0.39 is 5.97 Å². The Balaban J connectivity index is 0.00000121. The molecule has 0 aliphatic heterocycles. The summed E-state index contributed by atoms with van der Waals surface area (Å²) in [6.07, 6.45) is 0. The van der Waals surface area contributed by atoms with E-state index >= 15 is 0 Å². The van der Waals surface area contributed by atoms with Crippen LogP contribution in [0.5, 0.6) is 5.75 Å². The van der Waals surface area contributed by atoms with Crippen LogP contribution >= 0.6 is 0 Å². The molecule has 0 radical (unpaired) electrons. The summed E-state index contributed by atoms with van der Waals surface area (Å²) in [5.41, 5.74) is 0.372. The Morgan fingerprint density at radius 1 is 1.50 bits per heavy atom. The minimum atomic E-state index is -1.36. The van der Waals surface area contributed by atoms with Crippen molar-refractivity contribution in [2.45, 2.75) is 6.92 Å². The summed E-state index contributed by atoms with van der Waals surface area (Å²) in [7, 11) is 0. The Kier molecular flexibility index (Phi) is 4.31. The summed E-state index contributed by atoms with van der Waals surface area (Å²) in [5.74, 6) is -1.57. The number of para-hydroxylation sites is 1. The van der Waals surface area contributed by atoms with Gasteiger partial charge in [-0.3, -0.25) is 0 Å². The zero-order chi connectivity index (χ0) is 8.43. The molecule has 1 aromatic rings. The molecule has 0 aliphatic rings. The Morgan fingerprint density at radius 3 is 2.50 bits per heavy atom. The number of aryl methyl sites for hydroxylation is 1. The molecule has 0 bridgehead atoms. The molecule has 4 heteroatoms. The number of carbonyl (C=O) groups is 1. The molecule has 1 rings (SSSR count). The van der Waals surface area contributed by atoms with E-state index in [9.17, 15) is 9.90 Å². The Labute approximate surface area is 92.3 Å². The third kappa shape index (κ3) is 2.24. The molecule has 58 valence electrons. The second kappa shape index (κ2) is 4.50. The maximum Gasteiger partial charge on any atom is 1.00 e. The summed E-state index contributed by atoms with van der Waals surface area (Å²) in [4.78, 5) is 10.3. The summed E-state index contributed by atoms with van der Waals surface area (Å²) >= 11 is 0. The molecule has 0 atom stereocenters. The van der Waals surface area contributed by atoms with Crippen LogP contribution in [0.4, 0.5) is 0 Å². The fourth-order valence-electron chi connectivity index (χ4n) is 0.824. The van der Waals surface area contributed by atoms with Crippen LogP contribution in [0.3, 0.4) is 0 Å². The van der Waals surface area contributed by atoms with Crippen LogP contribution in [0.15, 0.2) is 18.2 Å². The van der Waals surface area contributed by atoms with Gasteiger partial charge in [-0.25, -0.2) is 0 Å². The second-order valence-electron chi connectivity index (χ2n) is 2.26. The zero-order valence-corrected chi connectivity index (χ0v) is 9.00. The van der Waals surface area contributed by atoms with Crippen molar-refractivity contribution >= 4 is 5.97 Å². The van der Waals surface area contributed by atoms with Gasteiger partial charge in [0.2, 0.25) is 0 Å². The minimum Gasteiger partial charge on any atom is -0.545 e. The van der Waals surface area contributed by atoms with Crippen LogP contribution in [-0.4, -0.2) is 11.1 Å². The molecule has 3 nitrogen and oxygen atoms in total. The molecular formula is C8H7NaO3. The van der Waals surface area contributed by atoms with Gasteiger partial charge in [-0.2, -0.15) is 0 Å². The molecule has 0 saturated carbocycles. The molecule has 0 aliphatic carbocycles. The Hall–Kier alpha value is -0.510. The van der Waals surface area contributed by atoms with E-state index in [1.165, 1.54) is 6.07 Å². The van der Waals surface area contributed by atoms with Gasteiger partial charge in [-0.1, -0.05) is 12.1 Å². The first-order chi connectivity index (χ1) is 5.13. The van der Waals surface area contributed by atoms with E-state index in [1.54, 1.807) is 19.1 Å². The van der Waals surface area contributed by atoms with E-state index in [4.69, 9.17) is 5.11 Å². The number of benzene rings is 1. The van der Waals surface area contributed by atoms with Crippen LogP contribution in [0.1, 0.15) is 15.9 Å². The van der Waals surface area contributed by atoms with Crippen molar-refractivity contribution in [3.8, 4) is 5.75 Å². The molecule has 1 N–H and O–H groups in total. The first kappa shape index (κ1) is 11.5. The molecular weight excluding hydrogens is 167 g/mol. The van der Waals surface area contributed by atoms with E-state index in [0.29, 0.717) is 5.56 Å². The normalized spacial score (nSPS) is 8.75. The van der Waals surface area contributed by atoms with E-state index in [0.717, 1.165) is 0 Å². The Morgan fingerprint density at radius 2 is 2.08 bits per heavy atom. The van der Waals surface area contributed by atoms with Gasteiger partial charge in [0.15, 0.2) is 0 Å². The van der Waals surface area contributed by atoms with Crippen molar-refractivity contribution in [3.05, 3.63) is 29.3 Å². The molecule has 0 spiro atoms. The van der Waals surface area contributed by atoms with Gasteiger partial charge < -0.3 is 15.0 Å². The van der Waals surface area contributed by atoms with Crippen molar-refractivity contribution in [1.82, 2.24) is 0 Å². The van der Waals surface area contributed by atoms with Crippen LogP contribution < -0.4 is 34.7 Å². The quantitative estimate of drug-likeness (QED) is 0.464. The number of hydrogen-bond donors (Lipinski definition) is 1. The minimum absolute atomic E-state index is 0. The topological polar surface area (TPSA) is 60.4 Å². The first-order valence-electron chi connectivity index (χ1n) is 3.13. The number of aromatic hydroxyl groups is 1.